The maximum atomic E-state index is 6.52. The van der Waals surface area contributed by atoms with Gasteiger partial charge >= 0.3 is 0 Å². The zero-order valence-corrected chi connectivity index (χ0v) is 24.0. The molecule has 0 aliphatic carbocycles. The maximum Gasteiger partial charge on any atom is 0.136 e. The molecule has 2 aromatic heterocycles. The Morgan fingerprint density at radius 1 is 0.477 bits per heavy atom. The van der Waals surface area contributed by atoms with Crippen molar-refractivity contribution in [2.75, 3.05) is 0 Å². The minimum Gasteiger partial charge on any atom is -0.456 e. The van der Waals surface area contributed by atoms with E-state index in [2.05, 4.69) is 115 Å². The molecule has 0 amide bonds. The molecule has 0 spiro atoms. The first kappa shape index (κ1) is 24.9. The van der Waals surface area contributed by atoms with Gasteiger partial charge in [0.05, 0.1) is 11.4 Å². The monoisotopic (exact) mass is 565 g/mol. The van der Waals surface area contributed by atoms with E-state index in [0.29, 0.717) is 0 Å². The van der Waals surface area contributed by atoms with Gasteiger partial charge in [-0.2, -0.15) is 0 Å². The minimum absolute atomic E-state index is 0.857. The van der Waals surface area contributed by atoms with Crippen LogP contribution in [0.1, 0.15) is 28.7 Å². The molecule has 3 heteroatoms. The number of nitrogens with zero attached hydrogens (tertiary/aromatic N) is 1. The van der Waals surface area contributed by atoms with E-state index in [1.54, 1.807) is 0 Å². The van der Waals surface area contributed by atoms with E-state index >= 15 is 0 Å². The van der Waals surface area contributed by atoms with Gasteiger partial charge in [-0.25, -0.2) is 4.99 Å². The van der Waals surface area contributed by atoms with Crippen LogP contribution in [0.15, 0.2) is 153 Å². The average Bonchev–Trinajstić information content (AvgIpc) is 3.63. The normalized spacial score (nSPS) is 14.7. The molecule has 0 bridgehead atoms. The zero-order valence-electron chi connectivity index (χ0n) is 24.0. The van der Waals surface area contributed by atoms with Crippen LogP contribution in [0.25, 0.3) is 60.7 Å². The SMILES string of the molecule is C1=C(/c2cc(-c3ccc4oc5ccccc5c4c3)cc3oc4ccccc4c23)N=C(c2ccccc2)c2ccccc2CC/1. The van der Waals surface area contributed by atoms with E-state index in [-0.39, 0.29) is 0 Å². The van der Waals surface area contributed by atoms with Crippen LogP contribution in [0.4, 0.5) is 0 Å². The summed E-state index contributed by atoms with van der Waals surface area (Å²) < 4.78 is 12.7. The van der Waals surface area contributed by atoms with Crippen LogP contribution in [0.3, 0.4) is 0 Å². The van der Waals surface area contributed by atoms with Crippen LogP contribution < -0.4 is 0 Å². The quantitative estimate of drug-likeness (QED) is 0.214. The predicted octanol–water partition coefficient (Wildman–Crippen LogP) is 11.0. The molecule has 1 aliphatic heterocycles. The highest BCUT2D eigenvalue weighted by atomic mass is 16.3. The lowest BCUT2D eigenvalue weighted by atomic mass is 9.91. The molecule has 3 nitrogen and oxygen atoms in total. The third-order valence-corrected chi connectivity index (χ3v) is 8.77. The van der Waals surface area contributed by atoms with Crippen LogP contribution in [-0.2, 0) is 6.42 Å². The van der Waals surface area contributed by atoms with Gasteiger partial charge in [-0.1, -0.05) is 103 Å². The van der Waals surface area contributed by atoms with Gasteiger partial charge in [0.25, 0.3) is 0 Å². The van der Waals surface area contributed by atoms with E-state index in [1.165, 1.54) is 11.1 Å². The van der Waals surface area contributed by atoms with Crippen molar-refractivity contribution in [3.63, 3.8) is 0 Å². The molecule has 0 fully saturated rings. The van der Waals surface area contributed by atoms with Gasteiger partial charge in [0.15, 0.2) is 0 Å². The molecular weight excluding hydrogens is 538 g/mol. The van der Waals surface area contributed by atoms with Gasteiger partial charge in [-0.15, -0.1) is 0 Å². The van der Waals surface area contributed by atoms with Gasteiger partial charge in [0.2, 0.25) is 0 Å². The van der Waals surface area contributed by atoms with E-state index in [4.69, 9.17) is 13.8 Å². The number of rotatable bonds is 3. The van der Waals surface area contributed by atoms with Crippen molar-refractivity contribution in [3.8, 4) is 11.1 Å². The Kier molecular flexibility index (Phi) is 5.63. The molecule has 0 atom stereocenters. The number of benzene rings is 6. The lowest BCUT2D eigenvalue weighted by Gasteiger charge is -2.17. The molecule has 8 aromatic rings. The predicted molar refractivity (Wildman–Crippen MR) is 181 cm³/mol. The molecule has 0 saturated heterocycles. The molecule has 208 valence electrons. The van der Waals surface area contributed by atoms with E-state index in [9.17, 15) is 0 Å². The summed E-state index contributed by atoms with van der Waals surface area (Å²) in [6.07, 6.45) is 4.14. The minimum atomic E-state index is 0.857. The summed E-state index contributed by atoms with van der Waals surface area (Å²) in [4.78, 5) is 5.49. The number of fused-ring (bicyclic) bond motifs is 7. The number of allylic oxidation sites excluding steroid dienone is 1. The van der Waals surface area contributed by atoms with Crippen molar-refractivity contribution in [1.82, 2.24) is 0 Å². The second-order valence-electron chi connectivity index (χ2n) is 11.4. The fraction of sp³-hybridized carbons (Fsp3) is 0.0488. The lowest BCUT2D eigenvalue weighted by molar-refractivity contribution is 0.669. The zero-order chi connectivity index (χ0) is 29.0. The average molecular weight is 566 g/mol. The number of aryl methyl sites for hydroxylation is 1. The number of furan rings is 2. The summed E-state index contributed by atoms with van der Waals surface area (Å²) >= 11 is 0. The van der Waals surface area contributed by atoms with Gasteiger partial charge < -0.3 is 8.83 Å². The lowest BCUT2D eigenvalue weighted by Crippen LogP contribution is -2.09. The number of hydrogen-bond acceptors (Lipinski definition) is 3. The first-order valence-corrected chi connectivity index (χ1v) is 15.1. The molecular formula is C41H27NO2. The van der Waals surface area contributed by atoms with Crippen molar-refractivity contribution in [2.24, 2.45) is 4.99 Å². The van der Waals surface area contributed by atoms with Gasteiger partial charge in [-0.3, -0.25) is 0 Å². The van der Waals surface area contributed by atoms with Crippen LogP contribution in [0.5, 0.6) is 0 Å². The smallest absolute Gasteiger partial charge is 0.136 e. The van der Waals surface area contributed by atoms with Gasteiger partial charge in [0.1, 0.15) is 22.3 Å². The van der Waals surface area contributed by atoms with Crippen LogP contribution in [0.2, 0.25) is 0 Å². The Morgan fingerprint density at radius 3 is 2.07 bits per heavy atom. The Labute approximate surface area is 254 Å². The second-order valence-corrected chi connectivity index (χ2v) is 11.4. The topological polar surface area (TPSA) is 38.6 Å². The molecule has 0 radical (unpaired) electrons. The summed E-state index contributed by atoms with van der Waals surface area (Å²) in [5.74, 6) is 0. The first-order valence-electron chi connectivity index (χ1n) is 15.1. The molecule has 0 N–H and O–H groups in total. The summed E-state index contributed by atoms with van der Waals surface area (Å²) in [7, 11) is 0. The third kappa shape index (κ3) is 4.01. The van der Waals surface area contributed by atoms with E-state index in [1.807, 2.05) is 24.3 Å². The molecule has 1 aliphatic rings. The van der Waals surface area contributed by atoms with Crippen LogP contribution in [-0.4, -0.2) is 5.71 Å². The van der Waals surface area contributed by atoms with Gasteiger partial charge in [-0.05, 0) is 65.9 Å². The Hall–Kier alpha value is -5.67. The fourth-order valence-electron chi connectivity index (χ4n) is 6.68. The molecule has 0 unspecified atom stereocenters. The molecule has 3 heterocycles. The highest BCUT2D eigenvalue weighted by molar-refractivity contribution is 6.18. The van der Waals surface area contributed by atoms with Crippen molar-refractivity contribution < 1.29 is 8.83 Å². The van der Waals surface area contributed by atoms with Crippen molar-refractivity contribution in [3.05, 3.63) is 162 Å². The third-order valence-electron chi connectivity index (χ3n) is 8.77. The van der Waals surface area contributed by atoms with Gasteiger partial charge in [0, 0.05) is 38.2 Å². The number of para-hydroxylation sites is 2. The summed E-state index contributed by atoms with van der Waals surface area (Å²) in [5.41, 5.74) is 12.4. The van der Waals surface area contributed by atoms with Crippen LogP contribution >= 0.6 is 0 Å². The molecule has 0 saturated carbocycles. The fourth-order valence-corrected chi connectivity index (χ4v) is 6.68. The molecule has 9 rings (SSSR count). The number of hydrogen-bond donors (Lipinski definition) is 0. The van der Waals surface area contributed by atoms with Crippen molar-refractivity contribution >= 4 is 55.3 Å². The second kappa shape index (κ2) is 9.96. The van der Waals surface area contributed by atoms with Crippen LogP contribution in [0, 0.1) is 0 Å². The Balaban J connectivity index is 1.31. The van der Waals surface area contributed by atoms with Crippen molar-refractivity contribution in [2.45, 2.75) is 12.8 Å². The molecule has 44 heavy (non-hydrogen) atoms. The highest BCUT2D eigenvalue weighted by Gasteiger charge is 2.20. The standard InChI is InChI=1S/C41H27NO2/c1-2-12-27(13-3-1)41-30-15-5-4-11-26(30)14-10-18-35(42-41)34-24-29(25-39-40(34)32-17-7-9-20-37(32)44-39)28-21-22-38-33(23-28)31-16-6-8-19-36(31)43-38/h1-9,11-13,15-25H,10,14H2/b35-18-,42-41?. The first-order chi connectivity index (χ1) is 21.8. The van der Waals surface area contributed by atoms with Crippen molar-refractivity contribution in [1.29, 1.82) is 0 Å². The van der Waals surface area contributed by atoms with E-state index < -0.39 is 0 Å². The maximum absolute atomic E-state index is 6.52. The number of aliphatic imine (C=N–C) groups is 1. The largest absolute Gasteiger partial charge is 0.456 e. The molecule has 6 aromatic carbocycles. The van der Waals surface area contributed by atoms with E-state index in [0.717, 1.165) is 90.4 Å². The summed E-state index contributed by atoms with van der Waals surface area (Å²) in [6.45, 7) is 0. The summed E-state index contributed by atoms with van der Waals surface area (Å²) in [6, 6.07) is 46.6. The Morgan fingerprint density at radius 2 is 1.18 bits per heavy atom. The Bertz CT molecular complexity index is 2440. The highest BCUT2D eigenvalue weighted by Crippen LogP contribution is 2.41. The summed E-state index contributed by atoms with van der Waals surface area (Å²) in [5, 5.41) is 4.42.